The molecule has 2 aromatic rings. The zero-order valence-electron chi connectivity index (χ0n) is 13.4. The number of amides is 1. The minimum absolute atomic E-state index is 0.106. The Bertz CT molecular complexity index is 717. The van der Waals surface area contributed by atoms with Gasteiger partial charge in [-0.25, -0.2) is 0 Å². The van der Waals surface area contributed by atoms with Crippen LogP contribution in [0.15, 0.2) is 40.9 Å². The normalized spacial score (nSPS) is 11.9. The van der Waals surface area contributed by atoms with Crippen LogP contribution in [0.1, 0.15) is 31.7 Å². The first kappa shape index (κ1) is 19.1. The van der Waals surface area contributed by atoms with E-state index in [0.717, 1.165) is 10.9 Å². The van der Waals surface area contributed by atoms with Gasteiger partial charge in [-0.1, -0.05) is 43.1 Å². The standard InChI is InChI=1S/C18H18BrCl2NO2/c1-3-11(2)12-4-5-17(16(19)6-12)24-10-18(23)22-15-8-13(20)7-14(21)9-15/h4-9,11H,3,10H2,1-2H3,(H,22,23). The second-order valence-corrected chi connectivity index (χ2v) is 7.22. The largest absolute Gasteiger partial charge is 0.483 e. The van der Waals surface area contributed by atoms with E-state index < -0.39 is 0 Å². The molecule has 3 nitrogen and oxygen atoms in total. The van der Waals surface area contributed by atoms with Crippen molar-refractivity contribution >= 4 is 50.7 Å². The quantitative estimate of drug-likeness (QED) is 0.584. The molecule has 0 radical (unpaired) electrons. The predicted octanol–water partition coefficient (Wildman–Crippen LogP) is 6.29. The van der Waals surface area contributed by atoms with Gasteiger partial charge in [-0.3, -0.25) is 4.79 Å². The zero-order chi connectivity index (χ0) is 17.7. The lowest BCUT2D eigenvalue weighted by Gasteiger charge is -2.13. The van der Waals surface area contributed by atoms with Gasteiger partial charge in [0.15, 0.2) is 6.61 Å². The maximum atomic E-state index is 12.0. The van der Waals surface area contributed by atoms with Crippen molar-refractivity contribution in [2.45, 2.75) is 26.2 Å². The summed E-state index contributed by atoms with van der Waals surface area (Å²) in [7, 11) is 0. The van der Waals surface area contributed by atoms with Crippen LogP contribution in [0.25, 0.3) is 0 Å². The molecule has 1 amide bonds. The Morgan fingerprint density at radius 3 is 2.46 bits per heavy atom. The number of carbonyl (C=O) groups is 1. The van der Waals surface area contributed by atoms with Crippen molar-refractivity contribution in [1.29, 1.82) is 0 Å². The first-order chi connectivity index (χ1) is 11.4. The Balaban J connectivity index is 1.96. The molecule has 0 aliphatic rings. The van der Waals surface area contributed by atoms with E-state index >= 15 is 0 Å². The van der Waals surface area contributed by atoms with Crippen LogP contribution in [0.5, 0.6) is 5.75 Å². The minimum Gasteiger partial charge on any atom is -0.483 e. The van der Waals surface area contributed by atoms with Crippen molar-refractivity contribution in [3.05, 3.63) is 56.5 Å². The smallest absolute Gasteiger partial charge is 0.262 e. The number of hydrogen-bond acceptors (Lipinski definition) is 2. The highest BCUT2D eigenvalue weighted by Gasteiger charge is 2.10. The van der Waals surface area contributed by atoms with Crippen LogP contribution in [0, 0.1) is 0 Å². The Morgan fingerprint density at radius 2 is 1.88 bits per heavy atom. The number of benzene rings is 2. The molecule has 1 unspecified atom stereocenters. The van der Waals surface area contributed by atoms with Gasteiger partial charge in [-0.15, -0.1) is 0 Å². The number of carbonyl (C=O) groups excluding carboxylic acids is 1. The molecule has 0 aromatic heterocycles. The number of halogens is 3. The average Bonchev–Trinajstić information content (AvgIpc) is 2.51. The molecule has 0 saturated heterocycles. The Morgan fingerprint density at radius 1 is 1.21 bits per heavy atom. The van der Waals surface area contributed by atoms with Crippen LogP contribution >= 0.6 is 39.1 Å². The Kier molecular flexibility index (Phi) is 6.96. The van der Waals surface area contributed by atoms with Gasteiger partial charge < -0.3 is 10.1 Å². The fourth-order valence-electron chi connectivity index (χ4n) is 2.14. The highest BCUT2D eigenvalue weighted by Crippen LogP contribution is 2.30. The maximum absolute atomic E-state index is 12.0. The molecule has 128 valence electrons. The third-order valence-corrected chi connectivity index (χ3v) is 4.70. The van der Waals surface area contributed by atoms with Gasteiger partial charge in [0.1, 0.15) is 5.75 Å². The van der Waals surface area contributed by atoms with Crippen LogP contribution in [-0.4, -0.2) is 12.5 Å². The van der Waals surface area contributed by atoms with Gasteiger partial charge in [-0.2, -0.15) is 0 Å². The fourth-order valence-corrected chi connectivity index (χ4v) is 3.18. The van der Waals surface area contributed by atoms with E-state index in [-0.39, 0.29) is 12.5 Å². The van der Waals surface area contributed by atoms with E-state index in [9.17, 15) is 4.79 Å². The first-order valence-electron chi connectivity index (χ1n) is 7.57. The Hall–Kier alpha value is -1.23. The summed E-state index contributed by atoms with van der Waals surface area (Å²) in [6.07, 6.45) is 1.07. The molecule has 6 heteroatoms. The van der Waals surface area contributed by atoms with Gasteiger partial charge in [0, 0.05) is 15.7 Å². The SMILES string of the molecule is CCC(C)c1ccc(OCC(=O)Nc2cc(Cl)cc(Cl)c2)c(Br)c1. The number of anilines is 1. The maximum Gasteiger partial charge on any atom is 0.262 e. The minimum atomic E-state index is -0.286. The molecular weight excluding hydrogens is 413 g/mol. The second-order valence-electron chi connectivity index (χ2n) is 5.49. The van der Waals surface area contributed by atoms with Gasteiger partial charge >= 0.3 is 0 Å². The monoisotopic (exact) mass is 429 g/mol. The van der Waals surface area contributed by atoms with E-state index in [4.69, 9.17) is 27.9 Å². The molecule has 1 atom stereocenters. The summed E-state index contributed by atoms with van der Waals surface area (Å²) in [4.78, 5) is 12.0. The third-order valence-electron chi connectivity index (χ3n) is 3.64. The van der Waals surface area contributed by atoms with E-state index in [1.807, 2.05) is 18.2 Å². The molecule has 0 fully saturated rings. The molecule has 24 heavy (non-hydrogen) atoms. The van der Waals surface area contributed by atoms with E-state index in [2.05, 4.69) is 35.1 Å². The predicted molar refractivity (Wildman–Crippen MR) is 103 cm³/mol. The fraction of sp³-hybridized carbons (Fsp3) is 0.278. The molecule has 2 rings (SSSR count). The molecule has 0 aliphatic carbocycles. The van der Waals surface area contributed by atoms with Crippen molar-refractivity contribution in [2.24, 2.45) is 0 Å². The van der Waals surface area contributed by atoms with Crippen LogP contribution in [0.2, 0.25) is 10.0 Å². The second kappa shape index (κ2) is 8.75. The third kappa shape index (κ3) is 5.40. The first-order valence-corrected chi connectivity index (χ1v) is 9.12. The number of ether oxygens (including phenoxy) is 1. The highest BCUT2D eigenvalue weighted by molar-refractivity contribution is 9.10. The van der Waals surface area contributed by atoms with E-state index in [0.29, 0.717) is 27.4 Å². The Labute approximate surface area is 160 Å². The molecule has 0 heterocycles. The average molecular weight is 431 g/mol. The molecule has 2 aromatic carbocycles. The van der Waals surface area contributed by atoms with Crippen molar-refractivity contribution in [3.8, 4) is 5.75 Å². The lowest BCUT2D eigenvalue weighted by atomic mass is 9.99. The molecular formula is C18H18BrCl2NO2. The lowest BCUT2D eigenvalue weighted by Crippen LogP contribution is -2.20. The summed E-state index contributed by atoms with van der Waals surface area (Å²) >= 11 is 15.3. The highest BCUT2D eigenvalue weighted by atomic mass is 79.9. The summed E-state index contributed by atoms with van der Waals surface area (Å²) in [6.45, 7) is 4.21. The van der Waals surface area contributed by atoms with Crippen LogP contribution < -0.4 is 10.1 Å². The number of nitrogens with one attached hydrogen (secondary N) is 1. The summed E-state index contributed by atoms with van der Waals surface area (Å²) in [5, 5.41) is 3.62. The molecule has 1 N–H and O–H groups in total. The zero-order valence-corrected chi connectivity index (χ0v) is 16.5. The van der Waals surface area contributed by atoms with Gasteiger partial charge in [-0.05, 0) is 64.2 Å². The number of hydrogen-bond donors (Lipinski definition) is 1. The van der Waals surface area contributed by atoms with Gasteiger partial charge in [0.2, 0.25) is 0 Å². The summed E-state index contributed by atoms with van der Waals surface area (Å²) in [5.41, 5.74) is 1.77. The molecule has 0 bridgehead atoms. The van der Waals surface area contributed by atoms with Crippen LogP contribution in [-0.2, 0) is 4.79 Å². The van der Waals surface area contributed by atoms with Gasteiger partial charge in [0.05, 0.1) is 4.47 Å². The number of rotatable bonds is 6. The summed E-state index contributed by atoms with van der Waals surface area (Å²) in [5.74, 6) is 0.818. The van der Waals surface area contributed by atoms with Crippen molar-refractivity contribution < 1.29 is 9.53 Å². The molecule has 0 spiro atoms. The van der Waals surface area contributed by atoms with E-state index in [1.165, 1.54) is 5.56 Å². The van der Waals surface area contributed by atoms with Crippen LogP contribution in [0.3, 0.4) is 0 Å². The van der Waals surface area contributed by atoms with Crippen molar-refractivity contribution in [1.82, 2.24) is 0 Å². The summed E-state index contributed by atoms with van der Waals surface area (Å²) < 4.78 is 6.41. The topological polar surface area (TPSA) is 38.3 Å². The van der Waals surface area contributed by atoms with Crippen molar-refractivity contribution in [3.63, 3.8) is 0 Å². The van der Waals surface area contributed by atoms with E-state index in [1.54, 1.807) is 18.2 Å². The summed E-state index contributed by atoms with van der Waals surface area (Å²) in [6, 6.07) is 10.8. The van der Waals surface area contributed by atoms with Crippen LogP contribution in [0.4, 0.5) is 5.69 Å². The lowest BCUT2D eigenvalue weighted by molar-refractivity contribution is -0.118. The van der Waals surface area contributed by atoms with Gasteiger partial charge in [0.25, 0.3) is 5.91 Å². The molecule has 0 aliphatic heterocycles. The van der Waals surface area contributed by atoms with Crippen molar-refractivity contribution in [2.75, 3.05) is 11.9 Å². The molecule has 0 saturated carbocycles.